The minimum absolute atomic E-state index is 0.214. The van der Waals surface area contributed by atoms with Crippen LogP contribution >= 0.6 is 0 Å². The van der Waals surface area contributed by atoms with Gasteiger partial charge in [0.05, 0.1) is 12.1 Å². The van der Waals surface area contributed by atoms with Gasteiger partial charge in [-0.3, -0.25) is 4.79 Å². The summed E-state index contributed by atoms with van der Waals surface area (Å²) in [4.78, 5) is 10.8. The lowest BCUT2D eigenvalue weighted by atomic mass is 10.1. The first-order chi connectivity index (χ1) is 6.91. The lowest BCUT2D eigenvalue weighted by Gasteiger charge is -2.25. The molecule has 1 rings (SSSR count). The van der Waals surface area contributed by atoms with Crippen LogP contribution in [0, 0.1) is 13.8 Å². The number of rotatable bonds is 4. The van der Waals surface area contributed by atoms with E-state index in [0.29, 0.717) is 0 Å². The van der Waals surface area contributed by atoms with Crippen molar-refractivity contribution in [3.63, 3.8) is 0 Å². The second-order valence-corrected chi connectivity index (χ2v) is 4.49. The van der Waals surface area contributed by atoms with Gasteiger partial charge in [0, 0.05) is 24.1 Å². The predicted molar refractivity (Wildman–Crippen MR) is 60.4 cm³/mol. The van der Waals surface area contributed by atoms with Gasteiger partial charge < -0.3 is 9.30 Å². The first-order valence-corrected chi connectivity index (χ1v) is 5.08. The molecule has 0 bridgehead atoms. The number of hydrogen-bond donors (Lipinski definition) is 0. The second-order valence-electron chi connectivity index (χ2n) is 4.49. The fourth-order valence-electron chi connectivity index (χ4n) is 1.64. The number of aromatic nitrogens is 1. The smallest absolute Gasteiger partial charge is 0.151 e. The van der Waals surface area contributed by atoms with Crippen molar-refractivity contribution in [3.05, 3.63) is 23.0 Å². The van der Waals surface area contributed by atoms with Crippen LogP contribution in [-0.4, -0.2) is 23.6 Å². The van der Waals surface area contributed by atoms with Gasteiger partial charge in [-0.1, -0.05) is 0 Å². The molecule has 1 heterocycles. The maximum Gasteiger partial charge on any atom is 0.151 e. The van der Waals surface area contributed by atoms with E-state index < -0.39 is 0 Å². The highest BCUT2D eigenvalue weighted by atomic mass is 16.5. The molecule has 3 nitrogen and oxygen atoms in total. The third-order valence-corrected chi connectivity index (χ3v) is 2.83. The Balaban J connectivity index is 3.04. The molecule has 0 atom stereocenters. The fraction of sp³-hybridized carbons (Fsp3) is 0.583. The van der Waals surface area contributed by atoms with Crippen molar-refractivity contribution in [3.8, 4) is 0 Å². The van der Waals surface area contributed by atoms with Gasteiger partial charge in [0.15, 0.2) is 6.29 Å². The van der Waals surface area contributed by atoms with E-state index in [9.17, 15) is 4.79 Å². The molecule has 0 saturated carbocycles. The van der Waals surface area contributed by atoms with Crippen LogP contribution in [0.3, 0.4) is 0 Å². The van der Waals surface area contributed by atoms with E-state index in [1.54, 1.807) is 7.11 Å². The van der Waals surface area contributed by atoms with Crippen molar-refractivity contribution in [2.75, 3.05) is 7.11 Å². The van der Waals surface area contributed by atoms with Crippen LogP contribution < -0.4 is 0 Å². The van der Waals surface area contributed by atoms with E-state index >= 15 is 0 Å². The SMILES string of the molecule is COC(C)(C)Cn1c(C)cc(C=O)c1C. The maximum absolute atomic E-state index is 10.8. The van der Waals surface area contributed by atoms with E-state index in [1.165, 1.54) is 0 Å². The highest BCUT2D eigenvalue weighted by Gasteiger charge is 2.20. The Morgan fingerprint density at radius 1 is 1.47 bits per heavy atom. The van der Waals surface area contributed by atoms with Crippen molar-refractivity contribution < 1.29 is 9.53 Å². The summed E-state index contributed by atoms with van der Waals surface area (Å²) >= 11 is 0. The number of nitrogens with zero attached hydrogens (tertiary/aromatic N) is 1. The average molecular weight is 209 g/mol. The van der Waals surface area contributed by atoms with E-state index in [0.717, 1.165) is 29.8 Å². The third-order valence-electron chi connectivity index (χ3n) is 2.83. The summed E-state index contributed by atoms with van der Waals surface area (Å²) in [5.74, 6) is 0. The lowest BCUT2D eigenvalue weighted by Crippen LogP contribution is -2.30. The normalized spacial score (nSPS) is 11.8. The zero-order valence-electron chi connectivity index (χ0n) is 10.1. The maximum atomic E-state index is 10.8. The number of aryl methyl sites for hydroxylation is 1. The minimum Gasteiger partial charge on any atom is -0.377 e. The van der Waals surface area contributed by atoms with Crippen LogP contribution in [-0.2, 0) is 11.3 Å². The molecule has 0 aromatic carbocycles. The van der Waals surface area contributed by atoms with Crippen molar-refractivity contribution in [1.29, 1.82) is 0 Å². The molecule has 0 aliphatic heterocycles. The zero-order valence-corrected chi connectivity index (χ0v) is 10.1. The third kappa shape index (κ3) is 2.48. The van der Waals surface area contributed by atoms with Gasteiger partial charge in [0.2, 0.25) is 0 Å². The summed E-state index contributed by atoms with van der Waals surface area (Å²) < 4.78 is 7.50. The molecule has 1 aromatic rings. The van der Waals surface area contributed by atoms with Crippen LogP contribution in [0.25, 0.3) is 0 Å². The molecule has 0 saturated heterocycles. The van der Waals surface area contributed by atoms with E-state index in [2.05, 4.69) is 4.57 Å². The van der Waals surface area contributed by atoms with Gasteiger partial charge in [-0.15, -0.1) is 0 Å². The molecule has 0 aliphatic rings. The Kier molecular flexibility index (Phi) is 3.35. The summed E-state index contributed by atoms with van der Waals surface area (Å²) in [5, 5.41) is 0. The number of ether oxygens (including phenoxy) is 1. The predicted octanol–water partition coefficient (Wildman–Crippen LogP) is 2.34. The number of carbonyl (C=O) groups is 1. The van der Waals surface area contributed by atoms with E-state index in [1.807, 2.05) is 33.8 Å². The molecule has 15 heavy (non-hydrogen) atoms. The van der Waals surface area contributed by atoms with Gasteiger partial charge in [-0.05, 0) is 33.8 Å². The Morgan fingerprint density at radius 2 is 2.07 bits per heavy atom. The van der Waals surface area contributed by atoms with Crippen LogP contribution in [0.2, 0.25) is 0 Å². The molecule has 3 heteroatoms. The Labute approximate surface area is 91.0 Å². The Morgan fingerprint density at radius 3 is 2.47 bits per heavy atom. The second kappa shape index (κ2) is 4.19. The van der Waals surface area contributed by atoms with Gasteiger partial charge in [-0.25, -0.2) is 0 Å². The summed E-state index contributed by atoms with van der Waals surface area (Å²) in [7, 11) is 1.70. The standard InChI is InChI=1S/C12H19NO2/c1-9-6-11(7-14)10(2)13(9)8-12(3,4)15-5/h6-7H,8H2,1-5H3. The van der Waals surface area contributed by atoms with E-state index in [-0.39, 0.29) is 5.60 Å². The Hall–Kier alpha value is -1.09. The average Bonchev–Trinajstić information content (AvgIpc) is 2.45. The molecule has 0 amide bonds. The highest BCUT2D eigenvalue weighted by Crippen LogP contribution is 2.18. The van der Waals surface area contributed by atoms with Gasteiger partial charge in [0.1, 0.15) is 0 Å². The number of aldehydes is 1. The minimum atomic E-state index is -0.214. The topological polar surface area (TPSA) is 31.2 Å². The first-order valence-electron chi connectivity index (χ1n) is 5.08. The molecule has 0 aliphatic carbocycles. The lowest BCUT2D eigenvalue weighted by molar-refractivity contribution is 0.00740. The molecule has 0 fully saturated rings. The molecule has 0 unspecified atom stereocenters. The monoisotopic (exact) mass is 209 g/mol. The molecule has 1 aromatic heterocycles. The number of methoxy groups -OCH3 is 1. The fourth-order valence-corrected chi connectivity index (χ4v) is 1.64. The molecule has 0 radical (unpaired) electrons. The van der Waals surface area contributed by atoms with Crippen molar-refractivity contribution in [2.24, 2.45) is 0 Å². The molecular formula is C12H19NO2. The van der Waals surface area contributed by atoms with Crippen molar-refractivity contribution >= 4 is 6.29 Å². The van der Waals surface area contributed by atoms with Crippen LogP contribution in [0.4, 0.5) is 0 Å². The van der Waals surface area contributed by atoms with Crippen LogP contribution in [0.5, 0.6) is 0 Å². The number of carbonyl (C=O) groups excluding carboxylic acids is 1. The van der Waals surface area contributed by atoms with Crippen molar-refractivity contribution in [1.82, 2.24) is 4.57 Å². The van der Waals surface area contributed by atoms with Gasteiger partial charge in [-0.2, -0.15) is 0 Å². The van der Waals surface area contributed by atoms with Crippen LogP contribution in [0.15, 0.2) is 6.07 Å². The highest BCUT2D eigenvalue weighted by molar-refractivity contribution is 5.77. The van der Waals surface area contributed by atoms with Crippen LogP contribution in [0.1, 0.15) is 35.6 Å². The summed E-state index contributed by atoms with van der Waals surface area (Å²) in [6.07, 6.45) is 0.901. The number of hydrogen-bond acceptors (Lipinski definition) is 2. The summed E-state index contributed by atoms with van der Waals surface area (Å²) in [6.45, 7) is 8.79. The summed E-state index contributed by atoms with van der Waals surface area (Å²) in [5.41, 5.74) is 2.65. The first kappa shape index (κ1) is 12.0. The van der Waals surface area contributed by atoms with E-state index in [4.69, 9.17) is 4.74 Å². The molecular weight excluding hydrogens is 190 g/mol. The molecule has 0 N–H and O–H groups in total. The van der Waals surface area contributed by atoms with Crippen molar-refractivity contribution in [2.45, 2.75) is 39.8 Å². The van der Waals surface area contributed by atoms with Gasteiger partial charge >= 0.3 is 0 Å². The Bertz CT molecular complexity index is 364. The quantitative estimate of drug-likeness (QED) is 0.713. The largest absolute Gasteiger partial charge is 0.377 e. The molecule has 0 spiro atoms. The molecule has 84 valence electrons. The van der Waals surface area contributed by atoms with Gasteiger partial charge in [0.25, 0.3) is 0 Å². The summed E-state index contributed by atoms with van der Waals surface area (Å²) in [6, 6.07) is 1.91. The zero-order chi connectivity index (χ0) is 11.6.